The Labute approximate surface area is 177 Å². The molecule has 0 saturated heterocycles. The van der Waals surface area contributed by atoms with Crippen LogP contribution in [0.5, 0.6) is 5.75 Å². The molecule has 0 bridgehead atoms. The van der Waals surface area contributed by atoms with Gasteiger partial charge in [-0.2, -0.15) is 5.10 Å². The fraction of sp³-hybridized carbons (Fsp3) is 0. The predicted octanol–water partition coefficient (Wildman–Crippen LogP) is 4.96. The van der Waals surface area contributed by atoms with Crippen molar-refractivity contribution in [2.75, 3.05) is 0 Å². The topological polar surface area (TPSA) is 67.8 Å². The largest absolute Gasteiger partial charge is 0.422 e. The van der Waals surface area contributed by atoms with Gasteiger partial charge < -0.3 is 4.74 Å². The molecule has 0 spiro atoms. The lowest BCUT2D eigenvalue weighted by atomic mass is 10.0. The molecule has 4 rings (SSSR count). The minimum atomic E-state index is -0.683. The number of hydrogen-bond acceptors (Lipinski definition) is 4. The summed E-state index contributed by atoms with van der Waals surface area (Å²) in [5.41, 5.74) is 3.12. The van der Waals surface area contributed by atoms with Gasteiger partial charge in [0.15, 0.2) is 0 Å². The molecule has 0 aromatic heterocycles. The monoisotopic (exact) mass is 412 g/mol. The summed E-state index contributed by atoms with van der Waals surface area (Å²) < 4.78 is 19.4. The van der Waals surface area contributed by atoms with E-state index in [1.165, 1.54) is 24.4 Å². The van der Waals surface area contributed by atoms with Crippen molar-refractivity contribution in [2.24, 2.45) is 5.10 Å². The van der Waals surface area contributed by atoms with Gasteiger partial charge in [-0.15, -0.1) is 0 Å². The summed E-state index contributed by atoms with van der Waals surface area (Å²) in [5.74, 6) is -1.55. The number of ether oxygens (including phenoxy) is 1. The van der Waals surface area contributed by atoms with Crippen molar-refractivity contribution in [3.63, 3.8) is 0 Å². The van der Waals surface area contributed by atoms with Crippen molar-refractivity contribution >= 4 is 28.9 Å². The van der Waals surface area contributed by atoms with Crippen molar-refractivity contribution in [3.05, 3.63) is 114 Å². The number of nitrogens with one attached hydrogen (secondary N) is 1. The van der Waals surface area contributed by atoms with Crippen LogP contribution in [-0.2, 0) is 0 Å². The van der Waals surface area contributed by atoms with Gasteiger partial charge in [0.05, 0.1) is 17.3 Å². The third kappa shape index (κ3) is 4.48. The number of esters is 1. The van der Waals surface area contributed by atoms with E-state index >= 15 is 0 Å². The van der Waals surface area contributed by atoms with Gasteiger partial charge >= 0.3 is 5.97 Å². The zero-order valence-electron chi connectivity index (χ0n) is 16.3. The Hall–Kier alpha value is -4.32. The molecule has 1 amide bonds. The molecule has 5 nitrogen and oxygen atoms in total. The molecule has 0 radical (unpaired) electrons. The van der Waals surface area contributed by atoms with Crippen LogP contribution in [0.3, 0.4) is 0 Å². The number of carbonyl (C=O) groups excluding carboxylic acids is 2. The van der Waals surface area contributed by atoms with E-state index in [-0.39, 0.29) is 11.3 Å². The van der Waals surface area contributed by atoms with Crippen molar-refractivity contribution < 1.29 is 18.7 Å². The first-order chi connectivity index (χ1) is 15.1. The Morgan fingerprint density at radius 3 is 2.35 bits per heavy atom. The fourth-order valence-corrected chi connectivity index (χ4v) is 3.09. The molecular weight excluding hydrogens is 395 g/mol. The highest BCUT2D eigenvalue weighted by atomic mass is 19.1. The minimum Gasteiger partial charge on any atom is -0.422 e. The van der Waals surface area contributed by atoms with Crippen molar-refractivity contribution in [2.45, 2.75) is 0 Å². The van der Waals surface area contributed by atoms with Crippen molar-refractivity contribution in [3.8, 4) is 5.75 Å². The number of halogens is 1. The second kappa shape index (κ2) is 9.00. The molecule has 0 aliphatic heterocycles. The second-order valence-corrected chi connectivity index (χ2v) is 6.63. The number of carbonyl (C=O) groups is 2. The van der Waals surface area contributed by atoms with E-state index in [9.17, 15) is 14.0 Å². The van der Waals surface area contributed by atoms with Gasteiger partial charge in [0.2, 0.25) is 0 Å². The molecule has 0 heterocycles. The van der Waals surface area contributed by atoms with Crippen LogP contribution in [0.2, 0.25) is 0 Å². The van der Waals surface area contributed by atoms with Gasteiger partial charge in [0, 0.05) is 5.56 Å². The highest BCUT2D eigenvalue weighted by Gasteiger charge is 2.14. The van der Waals surface area contributed by atoms with E-state index in [2.05, 4.69) is 10.5 Å². The Kier molecular flexibility index (Phi) is 5.80. The molecule has 31 heavy (non-hydrogen) atoms. The standard InChI is InChI=1S/C25H17FN2O3/c26-22-13-7-6-12-20(22)24(29)28-27-16-21-19-11-5-4-8-17(19)14-15-23(21)31-25(30)18-9-2-1-3-10-18/h1-16H,(H,28,29). The Morgan fingerprint density at radius 2 is 1.55 bits per heavy atom. The Bertz CT molecular complexity index is 1290. The first-order valence-electron chi connectivity index (χ1n) is 9.50. The van der Waals surface area contributed by atoms with Gasteiger partial charge in [-0.3, -0.25) is 4.79 Å². The number of nitrogens with zero attached hydrogens (tertiary/aromatic N) is 1. The van der Waals surface area contributed by atoms with Crippen LogP contribution in [0, 0.1) is 5.82 Å². The minimum absolute atomic E-state index is 0.117. The van der Waals surface area contributed by atoms with Crippen LogP contribution < -0.4 is 10.2 Å². The number of rotatable bonds is 5. The molecule has 0 aliphatic carbocycles. The van der Waals surface area contributed by atoms with Crippen LogP contribution in [0.1, 0.15) is 26.3 Å². The van der Waals surface area contributed by atoms with E-state index in [0.717, 1.165) is 10.8 Å². The highest BCUT2D eigenvalue weighted by Crippen LogP contribution is 2.27. The van der Waals surface area contributed by atoms with E-state index in [1.54, 1.807) is 36.4 Å². The zero-order chi connectivity index (χ0) is 21.6. The number of amides is 1. The van der Waals surface area contributed by atoms with Crippen molar-refractivity contribution in [1.29, 1.82) is 0 Å². The first-order valence-corrected chi connectivity index (χ1v) is 9.50. The maximum absolute atomic E-state index is 13.8. The lowest BCUT2D eigenvalue weighted by Crippen LogP contribution is -2.19. The molecular formula is C25H17FN2O3. The number of benzene rings is 4. The summed E-state index contributed by atoms with van der Waals surface area (Å²) in [6, 6.07) is 25.3. The Morgan fingerprint density at radius 1 is 0.839 bits per heavy atom. The summed E-state index contributed by atoms with van der Waals surface area (Å²) in [6.45, 7) is 0. The van der Waals surface area contributed by atoms with Crippen LogP contribution >= 0.6 is 0 Å². The molecule has 0 saturated carbocycles. The van der Waals surface area contributed by atoms with E-state index < -0.39 is 17.7 Å². The number of hydrazone groups is 1. The van der Waals surface area contributed by atoms with Gasteiger partial charge in [0.25, 0.3) is 5.91 Å². The van der Waals surface area contributed by atoms with Crippen LogP contribution in [0.4, 0.5) is 4.39 Å². The van der Waals surface area contributed by atoms with Crippen LogP contribution in [0.25, 0.3) is 10.8 Å². The van der Waals surface area contributed by atoms with Gasteiger partial charge in [-0.1, -0.05) is 60.7 Å². The number of fused-ring (bicyclic) bond motifs is 1. The van der Waals surface area contributed by atoms with Crippen LogP contribution in [-0.4, -0.2) is 18.1 Å². The smallest absolute Gasteiger partial charge is 0.343 e. The van der Waals surface area contributed by atoms with Gasteiger partial charge in [0.1, 0.15) is 11.6 Å². The average Bonchev–Trinajstić information content (AvgIpc) is 2.81. The Balaban J connectivity index is 1.64. The molecule has 6 heteroatoms. The summed E-state index contributed by atoms with van der Waals surface area (Å²) in [7, 11) is 0. The van der Waals surface area contributed by atoms with E-state index in [1.807, 2.05) is 36.4 Å². The van der Waals surface area contributed by atoms with Crippen molar-refractivity contribution in [1.82, 2.24) is 5.43 Å². The number of hydrogen-bond donors (Lipinski definition) is 1. The first kappa shape index (κ1) is 20.0. The molecule has 4 aromatic rings. The average molecular weight is 412 g/mol. The molecule has 1 N–H and O–H groups in total. The van der Waals surface area contributed by atoms with Gasteiger partial charge in [-0.05, 0) is 41.1 Å². The summed E-state index contributed by atoms with van der Waals surface area (Å²) >= 11 is 0. The molecule has 0 atom stereocenters. The predicted molar refractivity (Wildman–Crippen MR) is 117 cm³/mol. The lowest BCUT2D eigenvalue weighted by molar-refractivity contribution is 0.0734. The normalized spacial score (nSPS) is 10.9. The maximum Gasteiger partial charge on any atom is 0.343 e. The molecule has 4 aromatic carbocycles. The molecule has 0 aliphatic rings. The quantitative estimate of drug-likeness (QED) is 0.218. The SMILES string of the molecule is O=C(Oc1ccc2ccccc2c1C=NNC(=O)c1ccccc1F)c1ccccc1. The maximum atomic E-state index is 13.8. The third-order valence-electron chi connectivity index (χ3n) is 4.62. The molecule has 152 valence electrons. The summed E-state index contributed by atoms with van der Waals surface area (Å²) in [4.78, 5) is 24.7. The molecule has 0 fully saturated rings. The summed E-state index contributed by atoms with van der Waals surface area (Å²) in [6.07, 6.45) is 1.38. The second-order valence-electron chi connectivity index (χ2n) is 6.63. The fourth-order valence-electron chi connectivity index (χ4n) is 3.09. The lowest BCUT2D eigenvalue weighted by Gasteiger charge is -2.10. The van der Waals surface area contributed by atoms with Crippen LogP contribution in [0.15, 0.2) is 96.1 Å². The van der Waals surface area contributed by atoms with Gasteiger partial charge in [-0.25, -0.2) is 14.6 Å². The summed E-state index contributed by atoms with van der Waals surface area (Å²) in [5, 5.41) is 5.66. The van der Waals surface area contributed by atoms with E-state index in [4.69, 9.17) is 4.74 Å². The zero-order valence-corrected chi connectivity index (χ0v) is 16.3. The highest BCUT2D eigenvalue weighted by molar-refractivity contribution is 6.04. The van der Waals surface area contributed by atoms with E-state index in [0.29, 0.717) is 11.1 Å². The molecule has 0 unspecified atom stereocenters. The third-order valence-corrected chi connectivity index (χ3v) is 4.62.